The van der Waals surface area contributed by atoms with Crippen LogP contribution in [0, 0.1) is 0 Å². The second kappa shape index (κ2) is 5.24. The fraction of sp³-hybridized carbons (Fsp3) is 0.167. The molecule has 2 aromatic rings. The highest BCUT2D eigenvalue weighted by Crippen LogP contribution is 2.16. The van der Waals surface area contributed by atoms with Gasteiger partial charge in [-0.15, -0.1) is 0 Å². The van der Waals surface area contributed by atoms with Crippen LogP contribution >= 0.6 is 0 Å². The predicted molar refractivity (Wildman–Crippen MR) is 68.4 cm³/mol. The Morgan fingerprint density at radius 3 is 3.00 bits per heavy atom. The number of rotatable bonds is 3. The zero-order valence-electron chi connectivity index (χ0n) is 10.1. The number of hydrogen-bond donors (Lipinski definition) is 0. The molecule has 0 saturated heterocycles. The van der Waals surface area contributed by atoms with Crippen molar-refractivity contribution in [2.75, 3.05) is 6.61 Å². The van der Waals surface area contributed by atoms with Crippen LogP contribution in [0.2, 0.25) is 0 Å². The Labute approximate surface area is 107 Å². The van der Waals surface area contributed by atoms with Gasteiger partial charge in [-0.25, -0.2) is 4.79 Å². The standard InChI is InChI=1S/C12H10N4O3/c1-2-19-12(18)8-7-9(14-15-13)11(17)16-6-4-3-5-10(8)16/h3-7H,2H2,1H3. The lowest BCUT2D eigenvalue weighted by molar-refractivity contribution is 0.0528. The van der Waals surface area contributed by atoms with Crippen molar-refractivity contribution < 1.29 is 9.53 Å². The van der Waals surface area contributed by atoms with Gasteiger partial charge < -0.3 is 4.74 Å². The Morgan fingerprint density at radius 2 is 2.32 bits per heavy atom. The molecule has 0 fully saturated rings. The van der Waals surface area contributed by atoms with E-state index in [9.17, 15) is 9.59 Å². The summed E-state index contributed by atoms with van der Waals surface area (Å²) in [5.41, 5.74) is 8.40. The highest BCUT2D eigenvalue weighted by Gasteiger charge is 2.15. The van der Waals surface area contributed by atoms with E-state index in [4.69, 9.17) is 10.3 Å². The van der Waals surface area contributed by atoms with Crippen LogP contribution in [-0.2, 0) is 4.74 Å². The topological polar surface area (TPSA) is 96.5 Å². The average molecular weight is 258 g/mol. The average Bonchev–Trinajstić information content (AvgIpc) is 2.42. The predicted octanol–water partition coefficient (Wildman–Crippen LogP) is 2.42. The number of nitrogens with zero attached hydrogens (tertiary/aromatic N) is 4. The molecular weight excluding hydrogens is 248 g/mol. The second-order valence-corrected chi connectivity index (χ2v) is 3.61. The summed E-state index contributed by atoms with van der Waals surface area (Å²) in [6.45, 7) is 1.90. The van der Waals surface area contributed by atoms with E-state index in [2.05, 4.69) is 10.0 Å². The van der Waals surface area contributed by atoms with Gasteiger partial charge in [0, 0.05) is 11.1 Å². The van der Waals surface area contributed by atoms with E-state index in [0.29, 0.717) is 5.52 Å². The molecule has 7 heteroatoms. The van der Waals surface area contributed by atoms with Crippen LogP contribution < -0.4 is 5.56 Å². The first-order chi connectivity index (χ1) is 9.19. The molecule has 2 rings (SSSR count). The maximum atomic E-state index is 12.0. The van der Waals surface area contributed by atoms with Gasteiger partial charge >= 0.3 is 5.97 Å². The van der Waals surface area contributed by atoms with Crippen molar-refractivity contribution in [3.05, 3.63) is 56.8 Å². The molecule has 0 spiro atoms. The molecule has 0 aliphatic rings. The molecule has 19 heavy (non-hydrogen) atoms. The summed E-state index contributed by atoms with van der Waals surface area (Å²) in [5, 5.41) is 3.30. The van der Waals surface area contributed by atoms with Crippen LogP contribution in [-0.4, -0.2) is 17.0 Å². The van der Waals surface area contributed by atoms with Gasteiger partial charge in [0.2, 0.25) is 0 Å². The van der Waals surface area contributed by atoms with Crippen LogP contribution in [0.3, 0.4) is 0 Å². The number of aromatic nitrogens is 1. The first kappa shape index (κ1) is 12.7. The molecule has 0 aliphatic heterocycles. The summed E-state index contributed by atoms with van der Waals surface area (Å²) < 4.78 is 6.17. The molecule has 96 valence electrons. The highest BCUT2D eigenvalue weighted by molar-refractivity contribution is 5.97. The van der Waals surface area contributed by atoms with Gasteiger partial charge in [0.1, 0.15) is 5.69 Å². The van der Waals surface area contributed by atoms with Gasteiger partial charge in [-0.05, 0) is 30.7 Å². The minimum atomic E-state index is -0.569. The summed E-state index contributed by atoms with van der Waals surface area (Å²) in [4.78, 5) is 26.4. The van der Waals surface area contributed by atoms with Crippen molar-refractivity contribution in [2.24, 2.45) is 5.11 Å². The largest absolute Gasteiger partial charge is 0.462 e. The minimum absolute atomic E-state index is 0.144. The Bertz CT molecular complexity index is 744. The summed E-state index contributed by atoms with van der Waals surface area (Å²) in [6, 6.07) is 6.21. The minimum Gasteiger partial charge on any atom is -0.462 e. The van der Waals surface area contributed by atoms with Gasteiger partial charge in [0.25, 0.3) is 5.56 Å². The van der Waals surface area contributed by atoms with E-state index < -0.39 is 11.5 Å². The van der Waals surface area contributed by atoms with Crippen molar-refractivity contribution in [1.29, 1.82) is 0 Å². The molecule has 0 N–H and O–H groups in total. The van der Waals surface area contributed by atoms with Crippen molar-refractivity contribution in [2.45, 2.75) is 6.92 Å². The van der Waals surface area contributed by atoms with E-state index in [1.54, 1.807) is 25.1 Å². The molecule has 0 unspecified atom stereocenters. The van der Waals surface area contributed by atoms with Crippen LogP contribution in [0.5, 0.6) is 0 Å². The molecule has 2 heterocycles. The summed E-state index contributed by atoms with van der Waals surface area (Å²) in [6.07, 6.45) is 1.50. The maximum Gasteiger partial charge on any atom is 0.340 e. The molecule has 0 saturated carbocycles. The SMILES string of the molecule is CCOC(=O)c1cc(N=[N+]=[N-])c(=O)n2ccccc12. The van der Waals surface area contributed by atoms with Gasteiger partial charge in [0.15, 0.2) is 0 Å². The van der Waals surface area contributed by atoms with E-state index in [0.717, 1.165) is 0 Å². The molecule has 0 amide bonds. The van der Waals surface area contributed by atoms with E-state index in [-0.39, 0.29) is 17.9 Å². The number of pyridine rings is 2. The number of esters is 1. The Morgan fingerprint density at radius 1 is 1.53 bits per heavy atom. The number of ether oxygens (including phenoxy) is 1. The molecule has 0 aliphatic carbocycles. The molecule has 0 atom stereocenters. The third-order valence-corrected chi connectivity index (χ3v) is 2.50. The van der Waals surface area contributed by atoms with Crippen LogP contribution in [0.1, 0.15) is 17.3 Å². The van der Waals surface area contributed by atoms with Crippen molar-refractivity contribution in [3.8, 4) is 0 Å². The summed E-state index contributed by atoms with van der Waals surface area (Å²) in [5.74, 6) is -0.569. The third kappa shape index (κ3) is 2.27. The Balaban J connectivity index is 2.82. The fourth-order valence-electron chi connectivity index (χ4n) is 1.73. The smallest absolute Gasteiger partial charge is 0.340 e. The molecule has 7 nitrogen and oxygen atoms in total. The first-order valence-electron chi connectivity index (χ1n) is 5.55. The normalized spacial score (nSPS) is 9.95. The molecular formula is C12H10N4O3. The zero-order valence-corrected chi connectivity index (χ0v) is 10.1. The van der Waals surface area contributed by atoms with Crippen molar-refractivity contribution in [3.63, 3.8) is 0 Å². The fourth-order valence-corrected chi connectivity index (χ4v) is 1.73. The van der Waals surface area contributed by atoms with Gasteiger partial charge in [-0.3, -0.25) is 9.20 Å². The monoisotopic (exact) mass is 258 g/mol. The molecule has 2 aromatic heterocycles. The molecule has 0 radical (unpaired) electrons. The quantitative estimate of drug-likeness (QED) is 0.366. The van der Waals surface area contributed by atoms with Gasteiger partial charge in [-0.1, -0.05) is 11.2 Å². The second-order valence-electron chi connectivity index (χ2n) is 3.61. The van der Waals surface area contributed by atoms with E-state index in [1.807, 2.05) is 0 Å². The number of azide groups is 1. The Kier molecular flexibility index (Phi) is 3.49. The van der Waals surface area contributed by atoms with E-state index in [1.165, 1.54) is 16.7 Å². The van der Waals surface area contributed by atoms with Crippen LogP contribution in [0.25, 0.3) is 16.0 Å². The summed E-state index contributed by atoms with van der Waals surface area (Å²) >= 11 is 0. The third-order valence-electron chi connectivity index (χ3n) is 2.50. The lowest BCUT2D eigenvalue weighted by atomic mass is 10.2. The number of carbonyl (C=O) groups excluding carboxylic acids is 1. The van der Waals surface area contributed by atoms with Crippen molar-refractivity contribution >= 4 is 17.2 Å². The molecule has 0 aromatic carbocycles. The van der Waals surface area contributed by atoms with Crippen LogP contribution in [0.15, 0.2) is 40.4 Å². The van der Waals surface area contributed by atoms with Crippen molar-refractivity contribution in [1.82, 2.24) is 4.40 Å². The lowest BCUT2D eigenvalue weighted by Crippen LogP contribution is -2.17. The molecule has 0 bridgehead atoms. The maximum absolute atomic E-state index is 12.0. The van der Waals surface area contributed by atoms with Gasteiger partial charge in [-0.2, -0.15) is 0 Å². The lowest BCUT2D eigenvalue weighted by Gasteiger charge is -2.08. The zero-order chi connectivity index (χ0) is 13.8. The number of hydrogen-bond acceptors (Lipinski definition) is 4. The number of fused-ring (bicyclic) bond motifs is 1. The summed E-state index contributed by atoms with van der Waals surface area (Å²) in [7, 11) is 0. The first-order valence-corrected chi connectivity index (χ1v) is 5.55. The van der Waals surface area contributed by atoms with Gasteiger partial charge in [0.05, 0.1) is 17.7 Å². The van der Waals surface area contributed by atoms with E-state index >= 15 is 0 Å². The number of carbonyl (C=O) groups is 1. The highest BCUT2D eigenvalue weighted by atomic mass is 16.5. The Hall–Kier alpha value is -2.79. The van der Waals surface area contributed by atoms with Crippen LogP contribution in [0.4, 0.5) is 5.69 Å².